The van der Waals surface area contributed by atoms with E-state index in [-0.39, 0.29) is 81.8 Å². The molecule has 0 bridgehead atoms. The van der Waals surface area contributed by atoms with Crippen molar-refractivity contribution in [2.45, 2.75) is 77.7 Å². The van der Waals surface area contributed by atoms with E-state index in [9.17, 15) is 19.8 Å². The van der Waals surface area contributed by atoms with Crippen LogP contribution in [0, 0.1) is 34.5 Å². The molecule has 2 N–H and O–H groups in total. The zero-order valence-corrected chi connectivity index (χ0v) is 21.5. The molecule has 0 spiro atoms. The summed E-state index contributed by atoms with van der Waals surface area (Å²) in [5, 5.41) is 21.1. The third kappa shape index (κ3) is 3.52. The number of ketones is 1. The minimum atomic E-state index is -0.900. The normalized spacial score (nSPS) is 45.5. The third-order valence-corrected chi connectivity index (χ3v) is 9.32. The zero-order valence-electron chi connectivity index (χ0n) is 19.4. The van der Waals surface area contributed by atoms with E-state index in [1.54, 1.807) is 0 Å². The van der Waals surface area contributed by atoms with Crippen molar-refractivity contribution in [2.75, 3.05) is 0 Å². The fraction of sp³-hybridized carbons (Fsp3) is 0.750. The number of allylic oxidation sites excluding steroid dienone is 4. The molecule has 0 aliphatic heterocycles. The van der Waals surface area contributed by atoms with Crippen molar-refractivity contribution in [3.8, 4) is 0 Å². The average Bonchev–Trinajstić information content (AvgIpc) is 2.88. The fourth-order valence-corrected chi connectivity index (χ4v) is 7.55. The van der Waals surface area contributed by atoms with Gasteiger partial charge in [0.1, 0.15) is 0 Å². The van der Waals surface area contributed by atoms with E-state index in [2.05, 4.69) is 32.9 Å². The van der Waals surface area contributed by atoms with Crippen LogP contribution in [0.2, 0.25) is 0 Å². The van der Waals surface area contributed by atoms with Crippen molar-refractivity contribution in [2.24, 2.45) is 34.5 Å². The Labute approximate surface area is 218 Å². The maximum atomic E-state index is 12.0. The molecule has 4 nitrogen and oxygen atoms in total. The Morgan fingerprint density at radius 1 is 1.28 bits per heavy atom. The summed E-state index contributed by atoms with van der Waals surface area (Å²) in [6, 6.07) is 0. The van der Waals surface area contributed by atoms with Crippen LogP contribution in [0.4, 0.5) is 0 Å². The molecular formula is C24H35KO4. The number of rotatable bonds is 4. The van der Waals surface area contributed by atoms with Crippen molar-refractivity contribution in [3.63, 3.8) is 0 Å². The maximum absolute atomic E-state index is 12.0. The molecule has 5 heteroatoms. The summed E-state index contributed by atoms with van der Waals surface area (Å²) in [5.74, 6) is 0.868. The molecule has 29 heavy (non-hydrogen) atoms. The SMILES string of the molecule is CCC1C[C@H]2[C@@H]3C=CC4=CC(=O)CC[C@]4(C)[C@H]3CC[C@]2(C)[C@@]1(O)CCC(=O)O.[H-].[K+]. The first kappa shape index (κ1) is 23.9. The molecule has 156 valence electrons. The summed E-state index contributed by atoms with van der Waals surface area (Å²) in [6.45, 7) is 6.68. The Morgan fingerprint density at radius 3 is 2.66 bits per heavy atom. The Hall–Kier alpha value is 0.216. The molecule has 0 aromatic rings. The van der Waals surface area contributed by atoms with E-state index >= 15 is 0 Å². The summed E-state index contributed by atoms with van der Waals surface area (Å²) in [5.41, 5.74) is 0.109. The van der Waals surface area contributed by atoms with Gasteiger partial charge in [-0.25, -0.2) is 0 Å². The molecule has 2 saturated carbocycles. The molecule has 4 aliphatic carbocycles. The molecule has 0 saturated heterocycles. The number of carbonyl (C=O) groups excluding carboxylic acids is 1. The number of hydrogen-bond donors (Lipinski definition) is 2. The van der Waals surface area contributed by atoms with Crippen molar-refractivity contribution < 1.29 is 72.6 Å². The van der Waals surface area contributed by atoms with Crippen LogP contribution in [0.3, 0.4) is 0 Å². The smallest absolute Gasteiger partial charge is 1.00 e. The minimum Gasteiger partial charge on any atom is -1.00 e. The molecule has 2 fully saturated rings. The van der Waals surface area contributed by atoms with E-state index in [1.807, 2.05) is 6.08 Å². The molecule has 4 rings (SSSR count). The maximum Gasteiger partial charge on any atom is 1.00 e. The molecule has 0 aromatic carbocycles. The van der Waals surface area contributed by atoms with Crippen LogP contribution in [0.25, 0.3) is 0 Å². The van der Waals surface area contributed by atoms with Crippen molar-refractivity contribution in [1.82, 2.24) is 0 Å². The Kier molecular flexibility index (Phi) is 6.82. The second-order valence-electron chi connectivity index (χ2n) is 10.2. The van der Waals surface area contributed by atoms with Gasteiger partial charge in [0.05, 0.1) is 5.60 Å². The minimum absolute atomic E-state index is 0. The van der Waals surface area contributed by atoms with Crippen LogP contribution < -0.4 is 51.4 Å². The Bertz CT molecular complexity index is 764. The molecule has 0 aromatic heterocycles. The van der Waals surface area contributed by atoms with Gasteiger partial charge in [0.2, 0.25) is 0 Å². The van der Waals surface area contributed by atoms with Gasteiger partial charge in [0.15, 0.2) is 5.78 Å². The summed E-state index contributed by atoms with van der Waals surface area (Å²) in [6.07, 6.45) is 12.1. The van der Waals surface area contributed by atoms with E-state index in [0.717, 1.165) is 32.1 Å². The van der Waals surface area contributed by atoms with Crippen LogP contribution in [0.1, 0.15) is 73.6 Å². The number of fused-ring (bicyclic) bond motifs is 5. The van der Waals surface area contributed by atoms with E-state index in [0.29, 0.717) is 30.6 Å². The predicted octanol–water partition coefficient (Wildman–Crippen LogP) is 1.64. The van der Waals surface area contributed by atoms with Gasteiger partial charge >= 0.3 is 57.4 Å². The van der Waals surface area contributed by atoms with Gasteiger partial charge in [-0.3, -0.25) is 9.59 Å². The summed E-state index contributed by atoms with van der Waals surface area (Å²) in [4.78, 5) is 23.2. The Balaban J connectivity index is 0.00000160. The number of carboxylic acid groups (broad SMARTS) is 1. The zero-order chi connectivity index (χ0) is 20.3. The number of aliphatic carboxylic acids is 1. The second-order valence-corrected chi connectivity index (χ2v) is 10.2. The van der Waals surface area contributed by atoms with Gasteiger partial charge in [0.25, 0.3) is 0 Å². The first-order valence-corrected chi connectivity index (χ1v) is 11.0. The molecule has 0 amide bonds. The molecule has 0 radical (unpaired) electrons. The average molecular weight is 427 g/mol. The van der Waals surface area contributed by atoms with Crippen molar-refractivity contribution in [3.05, 3.63) is 23.8 Å². The molecular weight excluding hydrogens is 391 g/mol. The monoisotopic (exact) mass is 426 g/mol. The van der Waals surface area contributed by atoms with Gasteiger partial charge in [-0.15, -0.1) is 0 Å². The largest absolute Gasteiger partial charge is 1.00 e. The molecule has 0 heterocycles. The first-order valence-electron chi connectivity index (χ1n) is 11.0. The number of aliphatic hydroxyl groups is 1. The fourth-order valence-electron chi connectivity index (χ4n) is 7.55. The van der Waals surface area contributed by atoms with Crippen LogP contribution in [0.15, 0.2) is 23.8 Å². The van der Waals surface area contributed by atoms with Crippen LogP contribution in [-0.4, -0.2) is 27.6 Å². The summed E-state index contributed by atoms with van der Waals surface area (Å²) < 4.78 is 0. The van der Waals surface area contributed by atoms with Crippen LogP contribution >= 0.6 is 0 Å². The number of carbonyl (C=O) groups is 2. The van der Waals surface area contributed by atoms with Crippen molar-refractivity contribution in [1.29, 1.82) is 0 Å². The summed E-state index contributed by atoms with van der Waals surface area (Å²) >= 11 is 0. The molecule has 1 unspecified atom stereocenters. The van der Waals surface area contributed by atoms with E-state index in [1.165, 1.54) is 5.57 Å². The van der Waals surface area contributed by atoms with E-state index < -0.39 is 11.6 Å². The number of hydrogen-bond acceptors (Lipinski definition) is 3. The summed E-state index contributed by atoms with van der Waals surface area (Å²) in [7, 11) is 0. The number of carboxylic acids is 1. The van der Waals surface area contributed by atoms with Crippen LogP contribution in [0.5, 0.6) is 0 Å². The van der Waals surface area contributed by atoms with Gasteiger partial charge in [-0.1, -0.05) is 39.3 Å². The van der Waals surface area contributed by atoms with Gasteiger partial charge in [-0.05, 0) is 72.8 Å². The van der Waals surface area contributed by atoms with Crippen LogP contribution in [-0.2, 0) is 9.59 Å². The molecule has 4 aliphatic rings. The second kappa shape index (κ2) is 8.29. The van der Waals surface area contributed by atoms with Crippen molar-refractivity contribution >= 4 is 11.8 Å². The van der Waals surface area contributed by atoms with Gasteiger partial charge in [-0.2, -0.15) is 0 Å². The topological polar surface area (TPSA) is 74.6 Å². The first-order chi connectivity index (χ1) is 13.2. The Morgan fingerprint density at radius 2 is 2.00 bits per heavy atom. The molecule has 7 atom stereocenters. The predicted molar refractivity (Wildman–Crippen MR) is 109 cm³/mol. The standard InChI is InChI=1S/C24H34O4.K.H/c1-4-15-14-20-18-6-5-16-13-17(25)7-10-22(16,2)19(18)8-11-23(20,3)24(15,28)12-9-21(26)27;;/h5-6,13,15,18-20,28H,4,7-12,14H2,1-3H3,(H,26,27);;/q;+1;-1/t15?,18-,19+,20+,22+,23+,24-;;/m1../s1. The third-order valence-electron chi connectivity index (χ3n) is 9.32. The quantitative estimate of drug-likeness (QED) is 0.671. The van der Waals surface area contributed by atoms with Gasteiger partial charge < -0.3 is 11.6 Å². The van der Waals surface area contributed by atoms with E-state index in [4.69, 9.17) is 0 Å². The van der Waals surface area contributed by atoms with Gasteiger partial charge in [0, 0.05) is 18.3 Å².